The molecule has 1 amide bonds. The van der Waals surface area contributed by atoms with Gasteiger partial charge in [0.1, 0.15) is 0 Å². The largest absolute Gasteiger partial charge is 0.369 e. The highest BCUT2D eigenvalue weighted by Crippen LogP contribution is 2.29. The molecule has 0 spiro atoms. The molecule has 1 fully saturated rings. The van der Waals surface area contributed by atoms with E-state index >= 15 is 0 Å². The van der Waals surface area contributed by atoms with Crippen molar-refractivity contribution in [2.45, 2.75) is 45.0 Å². The van der Waals surface area contributed by atoms with Crippen LogP contribution < -0.4 is 26.6 Å². The zero-order valence-corrected chi connectivity index (χ0v) is 25.7. The number of aliphatic hydroxyl groups is 1. The average molecular weight is 599 g/mol. The van der Waals surface area contributed by atoms with E-state index in [4.69, 9.17) is 15.7 Å². The van der Waals surface area contributed by atoms with Gasteiger partial charge >= 0.3 is 0 Å². The number of amides is 1. The van der Waals surface area contributed by atoms with Gasteiger partial charge in [-0.15, -0.1) is 0 Å². The number of rotatable bonds is 11. The number of aromatic nitrogens is 4. The van der Waals surface area contributed by atoms with Crippen LogP contribution in [0.3, 0.4) is 0 Å². The molecular formula is C32H42N10O2. The zero-order valence-electron chi connectivity index (χ0n) is 25.7. The van der Waals surface area contributed by atoms with Crippen molar-refractivity contribution >= 4 is 45.9 Å². The summed E-state index contributed by atoms with van der Waals surface area (Å²) in [6, 6.07) is 15.0. The second-order valence-electron chi connectivity index (χ2n) is 11.7. The molecule has 0 radical (unpaired) electrons. The van der Waals surface area contributed by atoms with Gasteiger partial charge in [-0.05, 0) is 71.1 Å². The van der Waals surface area contributed by atoms with E-state index < -0.39 is 6.23 Å². The van der Waals surface area contributed by atoms with E-state index in [1.54, 1.807) is 36.7 Å². The molecule has 0 aliphatic carbocycles. The Labute approximate surface area is 258 Å². The molecule has 12 heteroatoms. The molecule has 3 heterocycles. The molecule has 2 aromatic carbocycles. The summed E-state index contributed by atoms with van der Waals surface area (Å²) in [5, 5.41) is 20.3. The van der Waals surface area contributed by atoms with Crippen LogP contribution >= 0.6 is 0 Å². The summed E-state index contributed by atoms with van der Waals surface area (Å²) in [6.07, 6.45) is 6.14. The molecule has 12 nitrogen and oxygen atoms in total. The van der Waals surface area contributed by atoms with Crippen LogP contribution in [0.15, 0.2) is 67.0 Å². The zero-order chi connectivity index (χ0) is 31.2. The van der Waals surface area contributed by atoms with Crippen molar-refractivity contribution in [2.75, 3.05) is 54.6 Å². The number of aliphatic hydroxyl groups excluding tert-OH is 1. The molecule has 5 rings (SSSR count). The van der Waals surface area contributed by atoms with Gasteiger partial charge in [-0.3, -0.25) is 4.79 Å². The van der Waals surface area contributed by atoms with E-state index in [1.165, 1.54) is 6.08 Å². The summed E-state index contributed by atoms with van der Waals surface area (Å²) in [4.78, 5) is 30.7. The number of hydrogen-bond acceptors (Lipinski definition) is 10. The maximum Gasteiger partial charge on any atom is 0.248 e. The Balaban J connectivity index is 1.30. The summed E-state index contributed by atoms with van der Waals surface area (Å²) in [5.74, 6) is 1.04. The number of nitrogens with two attached hydrogens (primary N) is 1. The van der Waals surface area contributed by atoms with Gasteiger partial charge in [0.2, 0.25) is 11.9 Å². The third kappa shape index (κ3) is 7.70. The molecule has 6 N–H and O–H groups in total. The van der Waals surface area contributed by atoms with Gasteiger partial charge in [-0.1, -0.05) is 24.3 Å². The predicted molar refractivity (Wildman–Crippen MR) is 176 cm³/mol. The van der Waals surface area contributed by atoms with Crippen LogP contribution in [0.4, 0.5) is 28.8 Å². The highest BCUT2D eigenvalue weighted by atomic mass is 16.3. The second-order valence-corrected chi connectivity index (χ2v) is 11.7. The second kappa shape index (κ2) is 13.8. The van der Waals surface area contributed by atoms with Crippen molar-refractivity contribution in [1.29, 1.82) is 0 Å². The van der Waals surface area contributed by atoms with Gasteiger partial charge < -0.3 is 41.2 Å². The van der Waals surface area contributed by atoms with E-state index in [2.05, 4.69) is 39.7 Å². The fourth-order valence-electron chi connectivity index (χ4n) is 5.07. The monoisotopic (exact) mass is 598 g/mol. The molecule has 4 aromatic rings. The van der Waals surface area contributed by atoms with Crippen LogP contribution in [0.1, 0.15) is 44.5 Å². The van der Waals surface area contributed by atoms with Gasteiger partial charge in [0.15, 0.2) is 23.2 Å². The Hall–Kier alpha value is -4.52. The third-order valence-electron chi connectivity index (χ3n) is 7.37. The minimum absolute atomic E-state index is 0.0915. The molecule has 1 aliphatic rings. The molecule has 1 aliphatic heterocycles. The Kier molecular flexibility index (Phi) is 9.73. The number of nitrogens with one attached hydrogen (secondary N) is 3. The number of benzene rings is 2. The van der Waals surface area contributed by atoms with Crippen molar-refractivity contribution in [2.24, 2.45) is 5.73 Å². The smallest absolute Gasteiger partial charge is 0.248 e. The lowest BCUT2D eigenvalue weighted by atomic mass is 10.1. The molecule has 0 bridgehead atoms. The number of imidazole rings is 1. The topological polar surface area (TPSA) is 149 Å². The van der Waals surface area contributed by atoms with Crippen molar-refractivity contribution < 1.29 is 9.90 Å². The summed E-state index contributed by atoms with van der Waals surface area (Å²) >= 11 is 0. The lowest BCUT2D eigenvalue weighted by Crippen LogP contribution is -2.43. The maximum atomic E-state index is 12.1. The van der Waals surface area contributed by atoms with Gasteiger partial charge in [0.05, 0.1) is 6.33 Å². The SMILES string of the molecule is CC(C)n1cnc2c(Nc3cccc(NC(O)c4ccc(NC(=O)/C=C/CN(C)C)cc4)c3)nc(N3CCCC(N)C3)nc21. The first kappa shape index (κ1) is 30.9. The minimum atomic E-state index is -0.961. The van der Waals surface area contributed by atoms with Gasteiger partial charge in [0.25, 0.3) is 0 Å². The number of likely N-dealkylation sites (N-methyl/N-ethyl adjacent to an activating group) is 1. The Morgan fingerprint density at radius 3 is 2.64 bits per heavy atom. The number of carbonyl (C=O) groups excluding carboxylic acids is 1. The molecule has 2 aromatic heterocycles. The third-order valence-corrected chi connectivity index (χ3v) is 7.37. The van der Waals surface area contributed by atoms with Crippen molar-refractivity contribution in [1.82, 2.24) is 24.4 Å². The molecule has 2 unspecified atom stereocenters. The number of nitrogens with zero attached hydrogens (tertiary/aromatic N) is 6. The van der Waals surface area contributed by atoms with Gasteiger partial charge in [-0.2, -0.15) is 9.97 Å². The fraction of sp³-hybridized carbons (Fsp3) is 0.375. The van der Waals surface area contributed by atoms with Crippen LogP contribution in [-0.2, 0) is 4.79 Å². The van der Waals surface area contributed by atoms with Crippen molar-refractivity contribution in [3.63, 3.8) is 0 Å². The number of carbonyl (C=O) groups is 1. The van der Waals surface area contributed by atoms with E-state index in [0.29, 0.717) is 47.3 Å². The lowest BCUT2D eigenvalue weighted by Gasteiger charge is -2.31. The summed E-state index contributed by atoms with van der Waals surface area (Å²) in [5.41, 5.74) is 10.5. The first-order valence-electron chi connectivity index (χ1n) is 15.0. The van der Waals surface area contributed by atoms with Gasteiger partial charge in [-0.25, -0.2) is 4.98 Å². The van der Waals surface area contributed by atoms with Gasteiger partial charge in [0, 0.05) is 60.4 Å². The normalized spacial score (nSPS) is 16.2. The lowest BCUT2D eigenvalue weighted by molar-refractivity contribution is -0.111. The van der Waals surface area contributed by atoms with Crippen LogP contribution in [-0.4, -0.2) is 75.2 Å². The van der Waals surface area contributed by atoms with Crippen molar-refractivity contribution in [3.8, 4) is 0 Å². The van der Waals surface area contributed by atoms with E-state index in [0.717, 1.165) is 30.7 Å². The van der Waals surface area contributed by atoms with Crippen LogP contribution in [0.25, 0.3) is 11.2 Å². The Bertz CT molecular complexity index is 1600. The Morgan fingerprint density at radius 1 is 1.14 bits per heavy atom. The summed E-state index contributed by atoms with van der Waals surface area (Å²) < 4.78 is 2.04. The number of anilines is 5. The first-order valence-corrected chi connectivity index (χ1v) is 15.0. The highest BCUT2D eigenvalue weighted by Gasteiger charge is 2.23. The Morgan fingerprint density at radius 2 is 1.91 bits per heavy atom. The number of piperidine rings is 1. The predicted octanol–water partition coefficient (Wildman–Crippen LogP) is 4.24. The highest BCUT2D eigenvalue weighted by molar-refractivity contribution is 5.99. The summed E-state index contributed by atoms with van der Waals surface area (Å²) in [7, 11) is 3.88. The van der Waals surface area contributed by atoms with Crippen LogP contribution in [0, 0.1) is 0 Å². The van der Waals surface area contributed by atoms with E-state index in [1.807, 2.05) is 47.8 Å². The molecule has 0 saturated carbocycles. The molecule has 2 atom stereocenters. The minimum Gasteiger partial charge on any atom is -0.369 e. The summed E-state index contributed by atoms with van der Waals surface area (Å²) in [6.45, 7) is 6.44. The standard InChI is InChI=1S/C32H42N10O2/c1-21(2)42-20-34-28-29(38-32(39-30(28)42)41-17-6-8-23(33)19-41)36-25-9-5-10-26(18-25)37-31(44)22-12-14-24(15-13-22)35-27(43)11-7-16-40(3)4/h5,7,9-15,18,20-21,23,31,37,44H,6,8,16-17,19,33H2,1-4H3,(H,35,43)(H,36,38,39)/b11-7+. The number of fused-ring (bicyclic) bond motifs is 1. The average Bonchev–Trinajstić information content (AvgIpc) is 3.42. The van der Waals surface area contributed by atoms with Crippen molar-refractivity contribution in [3.05, 3.63) is 72.6 Å². The fourth-order valence-corrected chi connectivity index (χ4v) is 5.07. The molecule has 1 saturated heterocycles. The van der Waals surface area contributed by atoms with E-state index in [-0.39, 0.29) is 18.0 Å². The number of hydrogen-bond donors (Lipinski definition) is 5. The van der Waals surface area contributed by atoms with E-state index in [9.17, 15) is 9.90 Å². The molecule has 232 valence electrons. The first-order chi connectivity index (χ1) is 21.2. The molecule has 44 heavy (non-hydrogen) atoms. The molecular weight excluding hydrogens is 556 g/mol. The maximum absolute atomic E-state index is 12.1. The van der Waals surface area contributed by atoms with Crippen LogP contribution in [0.2, 0.25) is 0 Å². The quantitative estimate of drug-likeness (QED) is 0.125. The van der Waals surface area contributed by atoms with Crippen LogP contribution in [0.5, 0.6) is 0 Å².